The average molecular weight is 809 g/mol. The highest BCUT2D eigenvalue weighted by Crippen LogP contribution is 2.70. The molecular formula is C59H44N4. The molecule has 4 bridgehead atoms. The van der Waals surface area contributed by atoms with Crippen LogP contribution in [-0.2, 0) is 5.41 Å². The van der Waals surface area contributed by atoms with Crippen molar-refractivity contribution in [2.45, 2.75) is 37.5 Å². The zero-order chi connectivity index (χ0) is 41.2. The summed E-state index contributed by atoms with van der Waals surface area (Å²) in [6.45, 7) is 0. The van der Waals surface area contributed by atoms with Gasteiger partial charge in [0.05, 0.1) is 11.0 Å². The van der Waals surface area contributed by atoms with E-state index < -0.39 is 0 Å². The molecule has 0 aliphatic heterocycles. The summed E-state index contributed by atoms with van der Waals surface area (Å²) >= 11 is 0. The van der Waals surface area contributed by atoms with Crippen LogP contribution in [0.15, 0.2) is 182 Å². The van der Waals surface area contributed by atoms with Gasteiger partial charge in [0.15, 0.2) is 17.5 Å². The van der Waals surface area contributed by atoms with E-state index in [9.17, 15) is 0 Å². The highest BCUT2D eigenvalue weighted by atomic mass is 15.0. The number of benzene rings is 8. The Kier molecular flexibility index (Phi) is 7.54. The zero-order valence-corrected chi connectivity index (χ0v) is 35.0. The van der Waals surface area contributed by atoms with Gasteiger partial charge in [-0.05, 0) is 130 Å². The highest BCUT2D eigenvalue weighted by molar-refractivity contribution is 6.21. The number of nitrogens with zero attached hydrogens (tertiary/aromatic N) is 4. The van der Waals surface area contributed by atoms with Crippen molar-refractivity contribution in [3.63, 3.8) is 0 Å². The Bertz CT molecular complexity index is 3440. The second kappa shape index (κ2) is 13.4. The van der Waals surface area contributed by atoms with Crippen molar-refractivity contribution >= 4 is 32.6 Å². The summed E-state index contributed by atoms with van der Waals surface area (Å²) in [5.41, 5.74) is 14.7. The topological polar surface area (TPSA) is 43.6 Å². The quantitative estimate of drug-likeness (QED) is 0.174. The van der Waals surface area contributed by atoms with E-state index in [2.05, 4.69) is 187 Å². The van der Waals surface area contributed by atoms with E-state index in [0.29, 0.717) is 23.5 Å². The number of para-hydroxylation sites is 1. The molecule has 0 radical (unpaired) electrons. The lowest BCUT2D eigenvalue weighted by Gasteiger charge is -2.61. The molecular weight excluding hydrogens is 765 g/mol. The normalized spacial score (nSPS) is 21.7. The van der Waals surface area contributed by atoms with Gasteiger partial charge in [-0.25, -0.2) is 15.0 Å². The van der Waals surface area contributed by atoms with Crippen LogP contribution < -0.4 is 0 Å². The molecule has 4 fully saturated rings. The lowest BCUT2D eigenvalue weighted by Crippen LogP contribution is -2.55. The van der Waals surface area contributed by atoms with Crippen LogP contribution in [0.5, 0.6) is 0 Å². The van der Waals surface area contributed by atoms with Crippen molar-refractivity contribution in [2.75, 3.05) is 0 Å². The number of hydrogen-bond acceptors (Lipinski definition) is 3. The number of hydrogen-bond donors (Lipinski definition) is 0. The zero-order valence-electron chi connectivity index (χ0n) is 35.0. The fourth-order valence-electron chi connectivity index (χ4n) is 13.4. The molecule has 5 aliphatic carbocycles. The van der Waals surface area contributed by atoms with Gasteiger partial charge in [0.25, 0.3) is 0 Å². The van der Waals surface area contributed by atoms with Crippen LogP contribution in [0.3, 0.4) is 0 Å². The molecule has 2 aromatic heterocycles. The molecule has 8 aromatic carbocycles. The number of aromatic nitrogens is 4. The van der Waals surface area contributed by atoms with Crippen LogP contribution >= 0.6 is 0 Å². The van der Waals surface area contributed by atoms with Gasteiger partial charge in [0.2, 0.25) is 0 Å². The smallest absolute Gasteiger partial charge is 0.164 e. The Labute approximate surface area is 367 Å². The number of fused-ring (bicyclic) bond motifs is 8. The molecule has 15 rings (SSSR count). The maximum absolute atomic E-state index is 5.41. The fourth-order valence-corrected chi connectivity index (χ4v) is 13.4. The highest BCUT2D eigenvalue weighted by Gasteiger charge is 2.61. The van der Waals surface area contributed by atoms with E-state index >= 15 is 0 Å². The third-order valence-corrected chi connectivity index (χ3v) is 15.6. The molecule has 0 unspecified atom stereocenters. The lowest BCUT2D eigenvalue weighted by atomic mass is 9.43. The Morgan fingerprint density at radius 2 is 1.03 bits per heavy atom. The SMILES string of the molecule is c1ccc(-c2nc(-c3cccc(-c4ccc(-n5c6ccccc6c6c7ccccc7ccc65)cc4)c3)nc(-c3cccc4c3-c3ccccc3C43C4CC5CC(C4)CC3C5)n2)cc1. The van der Waals surface area contributed by atoms with E-state index in [-0.39, 0.29) is 5.41 Å². The van der Waals surface area contributed by atoms with Crippen molar-refractivity contribution in [1.29, 1.82) is 0 Å². The summed E-state index contributed by atoms with van der Waals surface area (Å²) in [6.07, 6.45) is 6.87. The Morgan fingerprint density at radius 3 is 1.86 bits per heavy atom. The van der Waals surface area contributed by atoms with Gasteiger partial charge < -0.3 is 4.57 Å². The van der Waals surface area contributed by atoms with E-state index in [1.54, 1.807) is 5.56 Å². The van der Waals surface area contributed by atoms with E-state index in [1.165, 1.54) is 81.4 Å². The first kappa shape index (κ1) is 35.4. The average Bonchev–Trinajstić information content (AvgIpc) is 3.84. The molecule has 5 aliphatic rings. The van der Waals surface area contributed by atoms with Gasteiger partial charge >= 0.3 is 0 Å². The molecule has 300 valence electrons. The predicted molar refractivity (Wildman–Crippen MR) is 257 cm³/mol. The predicted octanol–water partition coefficient (Wildman–Crippen LogP) is 14.5. The molecule has 0 atom stereocenters. The van der Waals surface area contributed by atoms with Gasteiger partial charge in [-0.3, -0.25) is 0 Å². The van der Waals surface area contributed by atoms with Gasteiger partial charge in [0.1, 0.15) is 0 Å². The third kappa shape index (κ3) is 5.12. The van der Waals surface area contributed by atoms with Crippen molar-refractivity contribution in [2.24, 2.45) is 23.7 Å². The van der Waals surface area contributed by atoms with Gasteiger partial charge in [0, 0.05) is 38.6 Å². The number of rotatable bonds is 5. The minimum Gasteiger partial charge on any atom is -0.309 e. The second-order valence-electron chi connectivity index (χ2n) is 18.8. The first-order valence-corrected chi connectivity index (χ1v) is 22.9. The monoisotopic (exact) mass is 808 g/mol. The molecule has 1 spiro atoms. The standard InChI is InChI=1S/C59H44N4/c1-2-13-40(14-3-1)56-60-57(62-58(61-56)49-20-11-22-51-54(49)47-18-6-8-21-50(47)59(51)43-31-36-30-37(33-43)34-44(59)32-36)42-16-10-15-41(35-42)38-24-27-45(28-25-38)63-52-23-9-7-19-48(52)55-46-17-5-4-12-39(46)26-29-53(55)63/h1-29,35-37,43-44H,30-34H2. The maximum Gasteiger partial charge on any atom is 0.164 e. The van der Waals surface area contributed by atoms with Crippen LogP contribution in [0.1, 0.15) is 43.2 Å². The van der Waals surface area contributed by atoms with Gasteiger partial charge in [-0.15, -0.1) is 0 Å². The molecule has 4 nitrogen and oxygen atoms in total. The van der Waals surface area contributed by atoms with E-state index in [1.807, 2.05) is 0 Å². The van der Waals surface area contributed by atoms with Crippen LogP contribution in [0, 0.1) is 23.7 Å². The Hall–Kier alpha value is -7.17. The molecule has 2 heterocycles. The van der Waals surface area contributed by atoms with Crippen LogP contribution in [0.2, 0.25) is 0 Å². The second-order valence-corrected chi connectivity index (χ2v) is 18.8. The summed E-state index contributed by atoms with van der Waals surface area (Å²) in [5.74, 6) is 5.29. The van der Waals surface area contributed by atoms with Crippen LogP contribution in [0.25, 0.3) is 94.7 Å². The minimum atomic E-state index is 0.0767. The van der Waals surface area contributed by atoms with E-state index in [0.717, 1.165) is 51.2 Å². The molecule has 0 saturated heterocycles. The Balaban J connectivity index is 0.887. The van der Waals surface area contributed by atoms with Gasteiger partial charge in [-0.1, -0.05) is 152 Å². The summed E-state index contributed by atoms with van der Waals surface area (Å²) in [5, 5.41) is 5.10. The van der Waals surface area contributed by atoms with Crippen molar-refractivity contribution in [3.05, 3.63) is 193 Å². The van der Waals surface area contributed by atoms with Crippen LogP contribution in [0.4, 0.5) is 0 Å². The molecule has 10 aromatic rings. The van der Waals surface area contributed by atoms with Crippen molar-refractivity contribution < 1.29 is 0 Å². The molecule has 0 amide bonds. The van der Waals surface area contributed by atoms with Crippen molar-refractivity contribution in [1.82, 2.24) is 19.5 Å². The third-order valence-electron chi connectivity index (χ3n) is 15.6. The van der Waals surface area contributed by atoms with E-state index in [4.69, 9.17) is 15.0 Å². The first-order chi connectivity index (χ1) is 31.2. The molecule has 0 N–H and O–H groups in total. The molecule has 4 heteroatoms. The van der Waals surface area contributed by atoms with Crippen LogP contribution in [-0.4, -0.2) is 19.5 Å². The largest absolute Gasteiger partial charge is 0.309 e. The van der Waals surface area contributed by atoms with Crippen molar-refractivity contribution in [3.8, 4) is 62.1 Å². The summed E-state index contributed by atoms with van der Waals surface area (Å²) in [6, 6.07) is 66.4. The summed E-state index contributed by atoms with van der Waals surface area (Å²) in [7, 11) is 0. The summed E-state index contributed by atoms with van der Waals surface area (Å²) in [4.78, 5) is 16.0. The molecule has 63 heavy (non-hydrogen) atoms. The first-order valence-electron chi connectivity index (χ1n) is 22.9. The maximum atomic E-state index is 5.41. The Morgan fingerprint density at radius 1 is 0.413 bits per heavy atom. The lowest BCUT2D eigenvalue weighted by molar-refractivity contribution is -0.0399. The van der Waals surface area contributed by atoms with Gasteiger partial charge in [-0.2, -0.15) is 0 Å². The molecule has 4 saturated carbocycles. The fraction of sp³-hybridized carbons (Fsp3) is 0.169. The summed E-state index contributed by atoms with van der Waals surface area (Å²) < 4.78 is 2.40. The minimum absolute atomic E-state index is 0.0767.